The number of thioether (sulfide) groups is 2. The maximum absolute atomic E-state index is 13.1. The fourth-order valence-electron chi connectivity index (χ4n) is 4.33. The summed E-state index contributed by atoms with van der Waals surface area (Å²) in [5.74, 6) is 0.226. The summed E-state index contributed by atoms with van der Waals surface area (Å²) < 4.78 is 10.9. The van der Waals surface area contributed by atoms with Gasteiger partial charge in [0.1, 0.15) is 11.5 Å². The zero-order chi connectivity index (χ0) is 27.6. The van der Waals surface area contributed by atoms with Crippen molar-refractivity contribution >= 4 is 58.0 Å². The molecular formula is C28H28N2O6S2. The van der Waals surface area contributed by atoms with E-state index in [2.05, 4.69) is 0 Å². The number of carbonyl (C=O) groups excluding carboxylic acids is 4. The first-order chi connectivity index (χ1) is 18.1. The van der Waals surface area contributed by atoms with Crippen LogP contribution in [0, 0.1) is 20.8 Å². The van der Waals surface area contributed by atoms with Gasteiger partial charge >= 0.3 is 0 Å². The minimum Gasteiger partial charge on any atom is -0.497 e. The number of hydrogen-bond donors (Lipinski definition) is 0. The molecule has 0 saturated carbocycles. The molecule has 0 spiro atoms. The van der Waals surface area contributed by atoms with Crippen molar-refractivity contribution in [1.82, 2.24) is 9.80 Å². The molecule has 2 aliphatic heterocycles. The van der Waals surface area contributed by atoms with E-state index in [1.54, 1.807) is 30.4 Å². The van der Waals surface area contributed by atoms with Gasteiger partial charge in [-0.25, -0.2) is 0 Å². The van der Waals surface area contributed by atoms with E-state index in [-0.39, 0.29) is 18.0 Å². The molecule has 0 bridgehead atoms. The number of carbonyl (C=O) groups is 4. The van der Waals surface area contributed by atoms with Crippen LogP contribution in [-0.4, -0.2) is 58.9 Å². The Morgan fingerprint density at radius 3 is 1.89 bits per heavy atom. The lowest BCUT2D eigenvalue weighted by molar-refractivity contribution is -0.125. The van der Waals surface area contributed by atoms with E-state index < -0.39 is 22.3 Å². The predicted molar refractivity (Wildman–Crippen MR) is 150 cm³/mol. The summed E-state index contributed by atoms with van der Waals surface area (Å²) in [6.45, 7) is 8.05. The van der Waals surface area contributed by atoms with Crippen LogP contribution in [0.3, 0.4) is 0 Å². The van der Waals surface area contributed by atoms with Crippen LogP contribution in [0.15, 0.2) is 40.1 Å². The van der Waals surface area contributed by atoms with Crippen molar-refractivity contribution in [3.8, 4) is 11.5 Å². The van der Waals surface area contributed by atoms with Gasteiger partial charge in [0.05, 0.1) is 23.5 Å². The molecule has 0 aromatic heterocycles. The van der Waals surface area contributed by atoms with Crippen LogP contribution in [0.25, 0.3) is 12.2 Å². The molecule has 8 nitrogen and oxygen atoms in total. The molecule has 2 saturated heterocycles. The minimum absolute atomic E-state index is 0.0808. The molecule has 4 rings (SSSR count). The van der Waals surface area contributed by atoms with E-state index in [1.807, 2.05) is 39.8 Å². The van der Waals surface area contributed by atoms with Crippen LogP contribution in [-0.2, 0) is 9.59 Å². The molecular weight excluding hydrogens is 524 g/mol. The SMILES string of the molecule is CCOc1ccc(OC)cc1/C=C1/SC(=O)N(CCN2C(=O)S/C(=C/c3c(C)cc(C)cc3C)C2=O)C1=O. The Hall–Kier alpha value is -3.50. The van der Waals surface area contributed by atoms with E-state index in [9.17, 15) is 19.2 Å². The monoisotopic (exact) mass is 552 g/mol. The number of methoxy groups -OCH3 is 1. The van der Waals surface area contributed by atoms with Crippen LogP contribution < -0.4 is 9.47 Å². The molecule has 2 aromatic carbocycles. The Morgan fingerprint density at radius 1 is 0.816 bits per heavy atom. The highest BCUT2D eigenvalue weighted by molar-refractivity contribution is 8.18. The summed E-state index contributed by atoms with van der Waals surface area (Å²) in [6, 6.07) is 9.27. The van der Waals surface area contributed by atoms with Gasteiger partial charge in [0.25, 0.3) is 22.3 Å². The second-order valence-corrected chi connectivity index (χ2v) is 10.8. The highest BCUT2D eigenvalue weighted by Gasteiger charge is 2.39. The van der Waals surface area contributed by atoms with Gasteiger partial charge in [-0.2, -0.15) is 0 Å². The maximum Gasteiger partial charge on any atom is 0.293 e. The van der Waals surface area contributed by atoms with E-state index in [1.165, 1.54) is 7.11 Å². The van der Waals surface area contributed by atoms with Crippen molar-refractivity contribution in [2.24, 2.45) is 0 Å². The third-order valence-electron chi connectivity index (χ3n) is 6.11. The van der Waals surface area contributed by atoms with Crippen LogP contribution in [0.4, 0.5) is 9.59 Å². The number of benzene rings is 2. The molecule has 198 valence electrons. The largest absolute Gasteiger partial charge is 0.497 e. The molecule has 0 unspecified atom stereocenters. The Kier molecular flexibility index (Phi) is 8.32. The number of nitrogens with zero attached hydrogens (tertiary/aromatic N) is 2. The van der Waals surface area contributed by atoms with E-state index in [0.29, 0.717) is 28.6 Å². The number of ether oxygens (including phenoxy) is 2. The average Bonchev–Trinajstić information content (AvgIpc) is 3.29. The third-order valence-corrected chi connectivity index (χ3v) is 7.93. The Labute approximate surface area is 230 Å². The number of imide groups is 2. The van der Waals surface area contributed by atoms with Crippen molar-refractivity contribution in [2.45, 2.75) is 27.7 Å². The summed E-state index contributed by atoms with van der Waals surface area (Å²) in [5, 5.41) is -0.889. The van der Waals surface area contributed by atoms with Crippen molar-refractivity contribution in [3.63, 3.8) is 0 Å². The molecule has 2 heterocycles. The minimum atomic E-state index is -0.487. The van der Waals surface area contributed by atoms with Gasteiger partial charge in [0.15, 0.2) is 0 Å². The summed E-state index contributed by atoms with van der Waals surface area (Å²) in [4.78, 5) is 54.1. The van der Waals surface area contributed by atoms with Gasteiger partial charge < -0.3 is 9.47 Å². The first-order valence-electron chi connectivity index (χ1n) is 12.0. The molecule has 38 heavy (non-hydrogen) atoms. The molecule has 4 amide bonds. The molecule has 2 fully saturated rings. The molecule has 10 heteroatoms. The lowest BCUT2D eigenvalue weighted by Crippen LogP contribution is -2.39. The number of hydrogen-bond acceptors (Lipinski definition) is 8. The maximum atomic E-state index is 13.1. The standard InChI is InChI=1S/C28H28N2O6S2/c1-6-36-22-8-7-20(35-5)13-19(22)14-23-25(31)29(27(33)37-23)9-10-30-26(32)24(38-28(30)34)15-21-17(3)11-16(2)12-18(21)4/h7-8,11-15H,6,9-10H2,1-5H3/b23-14+,24-15+. The molecule has 0 atom stereocenters. The first kappa shape index (κ1) is 27.5. The average molecular weight is 553 g/mol. The highest BCUT2D eigenvalue weighted by atomic mass is 32.2. The van der Waals surface area contributed by atoms with Gasteiger partial charge in [-0.15, -0.1) is 0 Å². The van der Waals surface area contributed by atoms with E-state index in [0.717, 1.165) is 55.6 Å². The first-order valence-corrected chi connectivity index (χ1v) is 13.7. The number of rotatable bonds is 8. The van der Waals surface area contributed by atoms with Gasteiger partial charge in [-0.1, -0.05) is 17.7 Å². The lowest BCUT2D eigenvalue weighted by atomic mass is 9.99. The van der Waals surface area contributed by atoms with E-state index >= 15 is 0 Å². The second-order valence-electron chi connectivity index (χ2n) is 8.82. The number of amides is 4. The normalized spacial score (nSPS) is 17.9. The van der Waals surface area contributed by atoms with Gasteiger partial charge in [0.2, 0.25) is 0 Å². The van der Waals surface area contributed by atoms with E-state index in [4.69, 9.17) is 9.47 Å². The Morgan fingerprint density at radius 2 is 1.37 bits per heavy atom. The highest BCUT2D eigenvalue weighted by Crippen LogP contribution is 2.37. The predicted octanol–water partition coefficient (Wildman–Crippen LogP) is 5.79. The zero-order valence-corrected chi connectivity index (χ0v) is 23.5. The van der Waals surface area contributed by atoms with Crippen LogP contribution in [0.1, 0.15) is 34.7 Å². The summed E-state index contributed by atoms with van der Waals surface area (Å²) in [7, 11) is 1.54. The number of aryl methyl sites for hydroxylation is 3. The van der Waals surface area contributed by atoms with Gasteiger partial charge in [-0.3, -0.25) is 29.0 Å². The van der Waals surface area contributed by atoms with Crippen molar-refractivity contribution in [2.75, 3.05) is 26.8 Å². The summed E-state index contributed by atoms with van der Waals surface area (Å²) in [5.41, 5.74) is 4.66. The fourth-order valence-corrected chi connectivity index (χ4v) is 6.03. The third kappa shape index (κ3) is 5.66. The molecule has 2 aliphatic rings. The Balaban J connectivity index is 1.49. The molecule has 0 N–H and O–H groups in total. The van der Waals surface area contributed by atoms with Gasteiger partial charge in [0, 0.05) is 18.7 Å². The summed E-state index contributed by atoms with van der Waals surface area (Å²) >= 11 is 1.67. The van der Waals surface area contributed by atoms with Crippen molar-refractivity contribution in [3.05, 3.63) is 68.0 Å². The topological polar surface area (TPSA) is 93.2 Å². The van der Waals surface area contributed by atoms with Crippen LogP contribution in [0.2, 0.25) is 0 Å². The van der Waals surface area contributed by atoms with Crippen LogP contribution in [0.5, 0.6) is 11.5 Å². The van der Waals surface area contributed by atoms with Crippen molar-refractivity contribution < 1.29 is 28.7 Å². The fraction of sp³-hybridized carbons (Fsp3) is 0.286. The molecule has 0 radical (unpaired) electrons. The smallest absolute Gasteiger partial charge is 0.293 e. The lowest BCUT2D eigenvalue weighted by Gasteiger charge is -2.17. The summed E-state index contributed by atoms with van der Waals surface area (Å²) in [6.07, 6.45) is 3.33. The second kappa shape index (κ2) is 11.5. The quantitative estimate of drug-likeness (QED) is 0.380. The van der Waals surface area contributed by atoms with Crippen molar-refractivity contribution in [1.29, 1.82) is 0 Å². The van der Waals surface area contributed by atoms with Crippen LogP contribution >= 0.6 is 23.5 Å². The molecule has 0 aliphatic carbocycles. The Bertz CT molecular complexity index is 1370. The van der Waals surface area contributed by atoms with Gasteiger partial charge in [-0.05, 0) is 98.3 Å². The molecule has 2 aromatic rings. The zero-order valence-electron chi connectivity index (χ0n) is 21.8.